The third kappa shape index (κ3) is 3.09. The highest BCUT2D eigenvalue weighted by molar-refractivity contribution is 7.86. The number of carbonyl (C=O) groups excluding carboxylic acids is 1. The second-order valence-electron chi connectivity index (χ2n) is 4.86. The van der Waals surface area contributed by atoms with Gasteiger partial charge >= 0.3 is 16.3 Å². The van der Waals surface area contributed by atoms with Crippen LogP contribution in [0.15, 0.2) is 65.7 Å². The topological polar surface area (TPSA) is 65.4 Å². The van der Waals surface area contributed by atoms with E-state index in [9.17, 15) is 17.1 Å². The van der Waals surface area contributed by atoms with Gasteiger partial charge in [-0.05, 0) is 17.7 Å². The number of ether oxygens (including phenoxy) is 1. The third-order valence-electron chi connectivity index (χ3n) is 3.34. The molecular formula is C16H12FNO4S. The zero-order valence-electron chi connectivity index (χ0n) is 11.8. The summed E-state index contributed by atoms with van der Waals surface area (Å²) >= 11 is 0. The van der Waals surface area contributed by atoms with Crippen LogP contribution in [0.1, 0.15) is 5.56 Å². The number of fused-ring (bicyclic) bond motifs is 1. The number of benzene rings is 2. The monoisotopic (exact) mass is 333 g/mol. The summed E-state index contributed by atoms with van der Waals surface area (Å²) in [7, 11) is -4.95. The lowest BCUT2D eigenvalue weighted by Gasteiger charge is -2.08. The van der Waals surface area contributed by atoms with Gasteiger partial charge in [-0.25, -0.2) is 4.79 Å². The number of rotatable bonds is 3. The van der Waals surface area contributed by atoms with E-state index in [2.05, 4.69) is 0 Å². The molecule has 7 heteroatoms. The lowest BCUT2D eigenvalue weighted by atomic mass is 10.2. The Hall–Kier alpha value is -2.67. The first kappa shape index (κ1) is 15.2. The Balaban J connectivity index is 1.95. The lowest BCUT2D eigenvalue weighted by Crippen LogP contribution is -2.13. The Morgan fingerprint density at radius 3 is 2.48 bits per heavy atom. The second kappa shape index (κ2) is 5.85. The fraction of sp³-hybridized carbons (Fsp3) is 0.0625. The van der Waals surface area contributed by atoms with Gasteiger partial charge in [0.1, 0.15) is 11.5 Å². The van der Waals surface area contributed by atoms with E-state index in [1.807, 2.05) is 18.2 Å². The van der Waals surface area contributed by atoms with E-state index in [-0.39, 0.29) is 12.1 Å². The molecule has 0 aliphatic rings. The van der Waals surface area contributed by atoms with Crippen molar-refractivity contribution in [1.29, 1.82) is 0 Å². The quantitative estimate of drug-likeness (QED) is 0.688. The Morgan fingerprint density at radius 2 is 1.78 bits per heavy atom. The van der Waals surface area contributed by atoms with E-state index >= 15 is 0 Å². The van der Waals surface area contributed by atoms with Gasteiger partial charge < -0.3 is 4.74 Å². The fourth-order valence-corrected chi connectivity index (χ4v) is 2.99. The maximum atomic E-state index is 13.4. The van der Waals surface area contributed by atoms with Crippen molar-refractivity contribution in [3.8, 4) is 0 Å². The highest BCUT2D eigenvalue weighted by Gasteiger charge is 2.21. The fourth-order valence-electron chi connectivity index (χ4n) is 2.30. The van der Waals surface area contributed by atoms with Crippen molar-refractivity contribution in [2.24, 2.45) is 0 Å². The Kier molecular flexibility index (Phi) is 3.87. The summed E-state index contributed by atoms with van der Waals surface area (Å²) in [6.45, 7) is 0.0316. The maximum absolute atomic E-state index is 13.4. The van der Waals surface area contributed by atoms with E-state index in [4.69, 9.17) is 4.74 Å². The molecule has 2 aromatic carbocycles. The van der Waals surface area contributed by atoms with Crippen molar-refractivity contribution in [2.45, 2.75) is 11.5 Å². The molecule has 3 aromatic rings. The summed E-state index contributed by atoms with van der Waals surface area (Å²) < 4.78 is 42.1. The Morgan fingerprint density at radius 1 is 1.04 bits per heavy atom. The molecule has 0 saturated heterocycles. The van der Waals surface area contributed by atoms with Crippen LogP contribution >= 0.6 is 0 Å². The van der Waals surface area contributed by atoms with Gasteiger partial charge in [-0.3, -0.25) is 4.57 Å². The van der Waals surface area contributed by atoms with Crippen LogP contribution in [0.3, 0.4) is 0 Å². The number of aromatic nitrogens is 1. The maximum Gasteiger partial charge on any atom is 0.418 e. The van der Waals surface area contributed by atoms with Crippen molar-refractivity contribution in [2.75, 3.05) is 0 Å². The molecule has 0 radical (unpaired) electrons. The zero-order valence-corrected chi connectivity index (χ0v) is 12.7. The third-order valence-corrected chi connectivity index (χ3v) is 4.19. The molecule has 1 aromatic heterocycles. The van der Waals surface area contributed by atoms with Crippen molar-refractivity contribution >= 4 is 27.2 Å². The van der Waals surface area contributed by atoms with Crippen LogP contribution in [-0.4, -0.2) is 19.1 Å². The molecule has 118 valence electrons. The first-order valence-electron chi connectivity index (χ1n) is 6.72. The summed E-state index contributed by atoms with van der Waals surface area (Å²) in [4.78, 5) is 11.6. The second-order valence-corrected chi connectivity index (χ2v) is 6.17. The van der Waals surface area contributed by atoms with Crippen molar-refractivity contribution in [3.05, 3.63) is 66.4 Å². The predicted octanol–water partition coefficient (Wildman–Crippen LogP) is 3.48. The SMILES string of the molecule is O=C(OCc1ccccc1)n1ccc2cccc(S(=O)(=O)F)c21. The molecule has 23 heavy (non-hydrogen) atoms. The molecule has 0 unspecified atom stereocenters. The van der Waals surface area contributed by atoms with E-state index in [1.165, 1.54) is 18.3 Å². The van der Waals surface area contributed by atoms with Gasteiger partial charge in [0.2, 0.25) is 0 Å². The molecule has 3 rings (SSSR count). The van der Waals surface area contributed by atoms with E-state index < -0.39 is 21.2 Å². The smallest absolute Gasteiger partial charge is 0.418 e. The summed E-state index contributed by atoms with van der Waals surface area (Å²) in [6, 6.07) is 14.7. The van der Waals surface area contributed by atoms with Gasteiger partial charge in [0.15, 0.2) is 0 Å². The predicted molar refractivity (Wildman–Crippen MR) is 82.3 cm³/mol. The van der Waals surface area contributed by atoms with Crippen LogP contribution in [0.25, 0.3) is 10.9 Å². The summed E-state index contributed by atoms with van der Waals surface area (Å²) in [6.07, 6.45) is 0.576. The first-order chi connectivity index (χ1) is 11.0. The number of halogens is 1. The van der Waals surface area contributed by atoms with Crippen LogP contribution < -0.4 is 0 Å². The van der Waals surface area contributed by atoms with Crippen molar-refractivity contribution < 1.29 is 21.8 Å². The van der Waals surface area contributed by atoms with Gasteiger partial charge in [0.25, 0.3) is 0 Å². The van der Waals surface area contributed by atoms with Gasteiger partial charge in [-0.15, -0.1) is 3.89 Å². The van der Waals surface area contributed by atoms with Gasteiger partial charge in [0.05, 0.1) is 5.52 Å². The van der Waals surface area contributed by atoms with Gasteiger partial charge in [-0.2, -0.15) is 8.42 Å². The van der Waals surface area contributed by atoms with E-state index in [1.54, 1.807) is 18.2 Å². The average molecular weight is 333 g/mol. The average Bonchev–Trinajstić information content (AvgIpc) is 2.96. The summed E-state index contributed by atoms with van der Waals surface area (Å²) in [5.74, 6) is 0. The highest BCUT2D eigenvalue weighted by Crippen LogP contribution is 2.26. The molecule has 0 aliphatic heterocycles. The number of para-hydroxylation sites is 1. The Bertz CT molecular complexity index is 964. The first-order valence-corrected chi connectivity index (χ1v) is 8.11. The highest BCUT2D eigenvalue weighted by atomic mass is 32.3. The summed E-state index contributed by atoms with van der Waals surface area (Å²) in [5.41, 5.74) is 0.753. The molecule has 5 nitrogen and oxygen atoms in total. The molecule has 0 bridgehead atoms. The normalized spacial score (nSPS) is 11.5. The number of hydrogen-bond donors (Lipinski definition) is 0. The van der Waals surface area contributed by atoms with Crippen LogP contribution in [0.5, 0.6) is 0 Å². The van der Waals surface area contributed by atoms with E-state index in [0.717, 1.165) is 16.2 Å². The minimum Gasteiger partial charge on any atom is -0.444 e. The minimum atomic E-state index is -4.95. The molecule has 0 fully saturated rings. The van der Waals surface area contributed by atoms with Gasteiger partial charge in [-0.1, -0.05) is 42.5 Å². The van der Waals surface area contributed by atoms with Crippen LogP contribution in [-0.2, 0) is 21.6 Å². The lowest BCUT2D eigenvalue weighted by molar-refractivity contribution is 0.142. The molecule has 0 spiro atoms. The molecular weight excluding hydrogens is 321 g/mol. The largest absolute Gasteiger partial charge is 0.444 e. The molecule has 0 aliphatic carbocycles. The van der Waals surface area contributed by atoms with Crippen LogP contribution in [0.2, 0.25) is 0 Å². The molecule has 0 saturated carbocycles. The summed E-state index contributed by atoms with van der Waals surface area (Å²) in [5, 5.41) is 0.431. The van der Waals surface area contributed by atoms with Crippen LogP contribution in [0, 0.1) is 0 Å². The Labute approximate surface area is 132 Å². The standard InChI is InChI=1S/C16H12FNO4S/c17-23(20,21)14-8-4-7-13-9-10-18(15(13)14)16(19)22-11-12-5-2-1-3-6-12/h1-10H,11H2. The molecule has 1 heterocycles. The number of hydrogen-bond acceptors (Lipinski definition) is 4. The number of nitrogens with zero attached hydrogens (tertiary/aromatic N) is 1. The zero-order chi connectivity index (χ0) is 16.4. The van der Waals surface area contributed by atoms with Crippen molar-refractivity contribution in [3.63, 3.8) is 0 Å². The van der Waals surface area contributed by atoms with E-state index in [0.29, 0.717) is 5.39 Å². The molecule has 0 N–H and O–H groups in total. The van der Waals surface area contributed by atoms with Crippen molar-refractivity contribution in [1.82, 2.24) is 4.57 Å². The van der Waals surface area contributed by atoms with Crippen LogP contribution in [0.4, 0.5) is 8.68 Å². The molecule has 0 atom stereocenters. The van der Waals surface area contributed by atoms with Gasteiger partial charge in [0, 0.05) is 11.6 Å². The molecule has 0 amide bonds. The number of carbonyl (C=O) groups is 1. The minimum absolute atomic E-state index is 0.0316.